The number of alkyl halides is 2. The molecule has 0 radical (unpaired) electrons. The van der Waals surface area contributed by atoms with Crippen molar-refractivity contribution >= 4 is 31.9 Å². The van der Waals surface area contributed by atoms with E-state index in [0.717, 1.165) is 21.8 Å². The molecule has 0 amide bonds. The lowest BCUT2D eigenvalue weighted by molar-refractivity contribution is 1.42. The predicted molar refractivity (Wildman–Crippen MR) is 84.1 cm³/mol. The van der Waals surface area contributed by atoms with Crippen molar-refractivity contribution in [1.82, 2.24) is 0 Å². The van der Waals surface area contributed by atoms with Crippen molar-refractivity contribution in [1.29, 1.82) is 0 Å². The molecule has 18 heavy (non-hydrogen) atoms. The van der Waals surface area contributed by atoms with Crippen molar-refractivity contribution in [3.8, 4) is 11.8 Å². The van der Waals surface area contributed by atoms with E-state index >= 15 is 0 Å². The minimum absolute atomic E-state index is 0.884. The molecule has 90 valence electrons. The molecule has 0 spiro atoms. The molecule has 0 heterocycles. The maximum atomic E-state index is 3.43. The van der Waals surface area contributed by atoms with Crippen LogP contribution >= 0.6 is 31.9 Å². The highest BCUT2D eigenvalue weighted by molar-refractivity contribution is 9.08. The fourth-order valence-corrected chi connectivity index (χ4v) is 2.25. The number of benzene rings is 2. The molecule has 0 bridgehead atoms. The van der Waals surface area contributed by atoms with Gasteiger partial charge in [0.05, 0.1) is 0 Å². The van der Waals surface area contributed by atoms with Crippen molar-refractivity contribution < 1.29 is 0 Å². The largest absolute Gasteiger partial charge is 0.0876 e. The van der Waals surface area contributed by atoms with E-state index < -0.39 is 0 Å². The lowest BCUT2D eigenvalue weighted by Gasteiger charge is -1.95. The Kier molecular flexibility index (Phi) is 5.04. The van der Waals surface area contributed by atoms with E-state index in [2.05, 4.69) is 92.2 Å². The van der Waals surface area contributed by atoms with Crippen molar-refractivity contribution in [3.05, 3.63) is 70.8 Å². The molecule has 0 N–H and O–H groups in total. The molecule has 0 aliphatic rings. The lowest BCUT2D eigenvalue weighted by Crippen LogP contribution is -1.80. The first-order valence-corrected chi connectivity index (χ1v) is 7.88. The van der Waals surface area contributed by atoms with Gasteiger partial charge in [0.1, 0.15) is 0 Å². The fourth-order valence-electron chi connectivity index (χ4n) is 1.50. The average Bonchev–Trinajstić information content (AvgIpc) is 2.46. The third kappa shape index (κ3) is 3.73. The van der Waals surface area contributed by atoms with Gasteiger partial charge in [-0.3, -0.25) is 0 Å². The topological polar surface area (TPSA) is 0 Å². The fraction of sp³-hybridized carbons (Fsp3) is 0.125. The van der Waals surface area contributed by atoms with Gasteiger partial charge >= 0.3 is 0 Å². The summed E-state index contributed by atoms with van der Waals surface area (Å²) in [5, 5.41) is 1.77. The Hall–Kier alpha value is -1.04. The molecule has 0 atom stereocenters. The third-order valence-corrected chi connectivity index (χ3v) is 3.86. The highest BCUT2D eigenvalue weighted by atomic mass is 79.9. The van der Waals surface area contributed by atoms with Crippen LogP contribution in [0.15, 0.2) is 48.5 Å². The zero-order chi connectivity index (χ0) is 12.8. The summed E-state index contributed by atoms with van der Waals surface area (Å²) in [6, 6.07) is 16.6. The molecule has 0 nitrogen and oxygen atoms in total. The Morgan fingerprint density at radius 2 is 0.944 bits per heavy atom. The minimum atomic E-state index is 0.884. The second-order valence-corrected chi connectivity index (χ2v) is 5.03. The zero-order valence-electron chi connectivity index (χ0n) is 9.79. The quantitative estimate of drug-likeness (QED) is 0.527. The van der Waals surface area contributed by atoms with Gasteiger partial charge in [-0.1, -0.05) is 68.0 Å². The van der Waals surface area contributed by atoms with E-state index in [4.69, 9.17) is 0 Å². The summed E-state index contributed by atoms with van der Waals surface area (Å²) in [5.41, 5.74) is 4.62. The van der Waals surface area contributed by atoms with Crippen molar-refractivity contribution in [3.63, 3.8) is 0 Å². The predicted octanol–water partition coefficient (Wildman–Crippen LogP) is 4.88. The number of hydrogen-bond acceptors (Lipinski definition) is 0. The molecule has 0 fully saturated rings. The Morgan fingerprint density at radius 3 is 1.22 bits per heavy atom. The van der Waals surface area contributed by atoms with Gasteiger partial charge in [-0.05, 0) is 35.4 Å². The van der Waals surface area contributed by atoms with Gasteiger partial charge in [-0.2, -0.15) is 0 Å². The molecule has 0 saturated carbocycles. The zero-order valence-corrected chi connectivity index (χ0v) is 13.0. The number of rotatable bonds is 2. The molecular formula is C16H12Br2. The van der Waals surface area contributed by atoms with Crippen LogP contribution in [0.2, 0.25) is 0 Å². The Morgan fingerprint density at radius 1 is 0.611 bits per heavy atom. The van der Waals surface area contributed by atoms with Gasteiger partial charge in [0.25, 0.3) is 0 Å². The summed E-state index contributed by atoms with van der Waals surface area (Å²) in [4.78, 5) is 0. The van der Waals surface area contributed by atoms with Gasteiger partial charge in [0, 0.05) is 21.8 Å². The first-order valence-electron chi connectivity index (χ1n) is 5.63. The van der Waals surface area contributed by atoms with Crippen molar-refractivity contribution in [2.24, 2.45) is 0 Å². The van der Waals surface area contributed by atoms with Gasteiger partial charge in [0.15, 0.2) is 0 Å². The van der Waals surface area contributed by atoms with Crippen molar-refractivity contribution in [2.75, 3.05) is 0 Å². The van der Waals surface area contributed by atoms with Crippen LogP contribution in [0.3, 0.4) is 0 Å². The summed E-state index contributed by atoms with van der Waals surface area (Å²) in [7, 11) is 0. The standard InChI is InChI=1S/C16H12Br2/c17-11-15-7-3-13(4-8-15)1-2-14-5-9-16(12-18)10-6-14/h3-10H,11-12H2. The third-order valence-electron chi connectivity index (χ3n) is 2.57. The Balaban J connectivity index is 2.14. The number of halogens is 2. The van der Waals surface area contributed by atoms with E-state index in [1.54, 1.807) is 0 Å². The van der Waals surface area contributed by atoms with Crippen molar-refractivity contribution in [2.45, 2.75) is 10.7 Å². The smallest absolute Gasteiger partial charge is 0.0283 e. The summed E-state index contributed by atoms with van der Waals surface area (Å²) >= 11 is 6.86. The van der Waals surface area contributed by atoms with Gasteiger partial charge in [-0.25, -0.2) is 0 Å². The van der Waals surface area contributed by atoms with Crippen LogP contribution in [-0.4, -0.2) is 0 Å². The highest BCUT2D eigenvalue weighted by Gasteiger charge is 1.91. The SMILES string of the molecule is BrCc1ccc(C#Cc2ccc(CBr)cc2)cc1. The highest BCUT2D eigenvalue weighted by Crippen LogP contribution is 2.09. The van der Waals surface area contributed by atoms with Crippen LogP contribution in [-0.2, 0) is 10.7 Å². The first-order chi connectivity index (χ1) is 8.81. The summed E-state index contributed by atoms with van der Waals surface area (Å²) in [5.74, 6) is 6.35. The van der Waals surface area contributed by atoms with Gasteiger partial charge in [-0.15, -0.1) is 0 Å². The number of hydrogen-bond donors (Lipinski definition) is 0. The van der Waals surface area contributed by atoms with Gasteiger partial charge < -0.3 is 0 Å². The minimum Gasteiger partial charge on any atom is -0.0876 e. The van der Waals surface area contributed by atoms with E-state index in [0.29, 0.717) is 0 Å². The van der Waals surface area contributed by atoms with Crippen LogP contribution in [0.4, 0.5) is 0 Å². The maximum Gasteiger partial charge on any atom is 0.0283 e. The second kappa shape index (κ2) is 6.78. The molecule has 2 heteroatoms. The summed E-state index contributed by atoms with van der Waals surface area (Å²) in [6.45, 7) is 0. The molecule has 0 aliphatic heterocycles. The molecule has 0 unspecified atom stereocenters. The summed E-state index contributed by atoms with van der Waals surface area (Å²) < 4.78 is 0. The molecule has 0 aliphatic carbocycles. The summed E-state index contributed by atoms with van der Waals surface area (Å²) in [6.07, 6.45) is 0. The second-order valence-electron chi connectivity index (χ2n) is 3.91. The van der Waals surface area contributed by atoms with E-state index in [9.17, 15) is 0 Å². The molecule has 2 aromatic rings. The lowest BCUT2D eigenvalue weighted by atomic mass is 10.1. The normalized spacial score (nSPS) is 9.67. The maximum absolute atomic E-state index is 3.43. The average molecular weight is 364 g/mol. The Bertz CT molecular complexity index is 505. The molecule has 0 saturated heterocycles. The van der Waals surface area contributed by atoms with Crippen LogP contribution in [0, 0.1) is 11.8 Å². The van der Waals surface area contributed by atoms with E-state index in [1.807, 2.05) is 0 Å². The molecule has 0 aromatic heterocycles. The van der Waals surface area contributed by atoms with Gasteiger partial charge in [0.2, 0.25) is 0 Å². The molecule has 2 aromatic carbocycles. The van der Waals surface area contributed by atoms with E-state index in [1.165, 1.54) is 11.1 Å². The molecular weight excluding hydrogens is 352 g/mol. The van der Waals surface area contributed by atoms with Crippen LogP contribution in [0.1, 0.15) is 22.3 Å². The van der Waals surface area contributed by atoms with Crippen LogP contribution < -0.4 is 0 Å². The van der Waals surface area contributed by atoms with Crippen LogP contribution in [0.25, 0.3) is 0 Å². The Labute approximate surface area is 125 Å². The molecule has 2 rings (SSSR count). The van der Waals surface area contributed by atoms with Crippen LogP contribution in [0.5, 0.6) is 0 Å². The monoisotopic (exact) mass is 362 g/mol. The first kappa shape index (κ1) is 13.4. The van der Waals surface area contributed by atoms with E-state index in [-0.39, 0.29) is 0 Å².